The van der Waals surface area contributed by atoms with Gasteiger partial charge < -0.3 is 10.2 Å². The van der Waals surface area contributed by atoms with E-state index in [0.29, 0.717) is 5.69 Å². The summed E-state index contributed by atoms with van der Waals surface area (Å²) in [5.74, 6) is 1.49. The number of carbonyl (C=O) groups excluding carboxylic acids is 1. The highest BCUT2D eigenvalue weighted by Gasteiger charge is 2.24. The smallest absolute Gasteiger partial charge is 0.276 e. The number of piperidine rings is 1. The van der Waals surface area contributed by atoms with E-state index in [2.05, 4.69) is 46.5 Å². The van der Waals surface area contributed by atoms with Crippen molar-refractivity contribution >= 4 is 11.6 Å². The normalized spacial score (nSPS) is 22.6. The zero-order valence-electron chi connectivity index (χ0n) is 16.4. The number of nitrogens with one attached hydrogen (secondary N) is 2. The van der Waals surface area contributed by atoms with Gasteiger partial charge in [0.2, 0.25) is 0 Å². The largest absolute Gasteiger partial charge is 0.321 e. The van der Waals surface area contributed by atoms with E-state index in [9.17, 15) is 4.79 Å². The van der Waals surface area contributed by atoms with E-state index in [4.69, 9.17) is 0 Å². The van der Waals surface area contributed by atoms with E-state index in [1.807, 2.05) is 12.1 Å². The number of benzene rings is 1. The standard InChI is InChI=1S/C22H30N4O/c1-15-14-26(2)13-12-17(15)9-6-16-7-10-18(11-8-16)23-22(27)21-19-4-3-5-20(19)24-25-21/h7-8,10-11,15,17H,3-6,9,12-14H2,1-2H3,(H,23,27)(H,24,25). The van der Waals surface area contributed by atoms with Crippen LogP contribution in [0.25, 0.3) is 0 Å². The van der Waals surface area contributed by atoms with Crippen molar-refractivity contribution in [3.8, 4) is 0 Å². The number of aryl methyl sites for hydroxylation is 2. The van der Waals surface area contributed by atoms with Crippen molar-refractivity contribution in [1.82, 2.24) is 15.1 Å². The van der Waals surface area contributed by atoms with Crippen molar-refractivity contribution in [2.75, 3.05) is 25.5 Å². The summed E-state index contributed by atoms with van der Waals surface area (Å²) in [4.78, 5) is 15.0. The Bertz CT molecular complexity index is 795. The Morgan fingerprint density at radius 1 is 1.30 bits per heavy atom. The van der Waals surface area contributed by atoms with Gasteiger partial charge in [0.25, 0.3) is 5.91 Å². The maximum absolute atomic E-state index is 12.5. The zero-order chi connectivity index (χ0) is 18.8. The summed E-state index contributed by atoms with van der Waals surface area (Å²) in [6.07, 6.45) is 6.72. The van der Waals surface area contributed by atoms with Crippen LogP contribution in [-0.2, 0) is 19.3 Å². The quantitative estimate of drug-likeness (QED) is 0.849. The molecule has 0 bridgehead atoms. The third kappa shape index (κ3) is 4.08. The molecule has 1 aliphatic carbocycles. The third-order valence-corrected chi connectivity index (χ3v) is 6.32. The summed E-state index contributed by atoms with van der Waals surface area (Å²) < 4.78 is 0. The molecule has 5 nitrogen and oxygen atoms in total. The maximum Gasteiger partial charge on any atom is 0.276 e. The minimum absolute atomic E-state index is 0.109. The Balaban J connectivity index is 1.31. The number of aromatic nitrogens is 2. The van der Waals surface area contributed by atoms with Crippen molar-refractivity contribution < 1.29 is 4.79 Å². The molecule has 2 aromatic rings. The Hall–Kier alpha value is -2.14. The van der Waals surface area contributed by atoms with Gasteiger partial charge in [0, 0.05) is 23.5 Å². The molecule has 2 unspecified atom stereocenters. The van der Waals surface area contributed by atoms with Crippen LogP contribution in [-0.4, -0.2) is 41.1 Å². The number of nitrogens with zero attached hydrogens (tertiary/aromatic N) is 2. The molecule has 1 fully saturated rings. The van der Waals surface area contributed by atoms with E-state index in [1.54, 1.807) is 0 Å². The van der Waals surface area contributed by atoms with Crippen molar-refractivity contribution in [2.45, 2.75) is 45.4 Å². The number of rotatable bonds is 5. The molecule has 27 heavy (non-hydrogen) atoms. The van der Waals surface area contributed by atoms with Crippen LogP contribution in [0, 0.1) is 11.8 Å². The monoisotopic (exact) mass is 366 g/mol. The Labute approximate surface area is 161 Å². The van der Waals surface area contributed by atoms with Gasteiger partial charge in [-0.15, -0.1) is 0 Å². The fraction of sp³-hybridized carbons (Fsp3) is 0.545. The fourth-order valence-electron chi connectivity index (χ4n) is 4.64. The highest BCUT2D eigenvalue weighted by atomic mass is 16.1. The molecule has 1 aliphatic heterocycles. The maximum atomic E-state index is 12.5. The molecule has 1 aromatic carbocycles. The van der Waals surface area contributed by atoms with Crippen molar-refractivity contribution in [1.29, 1.82) is 0 Å². The summed E-state index contributed by atoms with van der Waals surface area (Å²) in [5.41, 5.74) is 4.96. The predicted octanol–water partition coefficient (Wildman–Crippen LogP) is 3.67. The lowest BCUT2D eigenvalue weighted by Crippen LogP contribution is -2.36. The Kier molecular flexibility index (Phi) is 5.30. The van der Waals surface area contributed by atoms with Crippen LogP contribution >= 0.6 is 0 Å². The molecule has 0 spiro atoms. The number of fused-ring (bicyclic) bond motifs is 1. The van der Waals surface area contributed by atoms with Gasteiger partial charge in [0.15, 0.2) is 5.69 Å². The zero-order valence-corrected chi connectivity index (χ0v) is 16.4. The number of likely N-dealkylation sites (tertiary alicyclic amines) is 1. The van der Waals surface area contributed by atoms with Crippen LogP contribution < -0.4 is 5.32 Å². The number of hydrogen-bond acceptors (Lipinski definition) is 3. The number of hydrogen-bond donors (Lipinski definition) is 2. The SMILES string of the molecule is CC1CN(C)CCC1CCc1ccc(NC(=O)c2n[nH]c3c2CCC3)cc1. The first-order valence-electron chi connectivity index (χ1n) is 10.2. The van der Waals surface area contributed by atoms with Crippen LogP contribution in [0.5, 0.6) is 0 Å². The third-order valence-electron chi connectivity index (χ3n) is 6.32. The van der Waals surface area contributed by atoms with Crippen molar-refractivity contribution in [2.24, 2.45) is 11.8 Å². The average Bonchev–Trinajstić information content (AvgIpc) is 3.25. The summed E-state index contributed by atoms with van der Waals surface area (Å²) in [6, 6.07) is 8.31. The van der Waals surface area contributed by atoms with Crippen molar-refractivity contribution in [3.05, 3.63) is 46.8 Å². The van der Waals surface area contributed by atoms with Gasteiger partial charge in [0.1, 0.15) is 0 Å². The molecule has 4 rings (SSSR count). The van der Waals surface area contributed by atoms with Crippen LogP contribution in [0.15, 0.2) is 24.3 Å². The molecular weight excluding hydrogens is 336 g/mol. The van der Waals surface area contributed by atoms with Gasteiger partial charge in [0.05, 0.1) is 0 Å². The molecule has 2 aliphatic rings. The van der Waals surface area contributed by atoms with Gasteiger partial charge >= 0.3 is 0 Å². The van der Waals surface area contributed by atoms with Crippen LogP contribution in [0.1, 0.15) is 53.5 Å². The average molecular weight is 367 g/mol. The Morgan fingerprint density at radius 3 is 2.89 bits per heavy atom. The number of aromatic amines is 1. The van der Waals surface area contributed by atoms with Gasteiger partial charge in [-0.25, -0.2) is 0 Å². The highest BCUT2D eigenvalue weighted by molar-refractivity contribution is 6.04. The lowest BCUT2D eigenvalue weighted by molar-refractivity contribution is 0.102. The molecule has 5 heteroatoms. The second kappa shape index (κ2) is 7.85. The number of anilines is 1. The molecule has 0 radical (unpaired) electrons. The molecule has 1 aromatic heterocycles. The molecule has 1 saturated heterocycles. The van der Waals surface area contributed by atoms with E-state index in [0.717, 1.165) is 54.5 Å². The lowest BCUT2D eigenvalue weighted by atomic mass is 9.83. The van der Waals surface area contributed by atoms with Gasteiger partial charge in [-0.05, 0) is 81.6 Å². The van der Waals surface area contributed by atoms with Crippen molar-refractivity contribution in [3.63, 3.8) is 0 Å². The second-order valence-corrected chi connectivity index (χ2v) is 8.36. The van der Waals surface area contributed by atoms with Crippen LogP contribution in [0.3, 0.4) is 0 Å². The lowest BCUT2D eigenvalue weighted by Gasteiger charge is -2.34. The molecule has 0 saturated carbocycles. The molecule has 2 heterocycles. The highest BCUT2D eigenvalue weighted by Crippen LogP contribution is 2.27. The minimum atomic E-state index is -0.109. The number of carbonyl (C=O) groups is 1. The molecular formula is C22H30N4O. The van der Waals surface area contributed by atoms with Gasteiger partial charge in [-0.2, -0.15) is 5.10 Å². The number of H-pyrrole nitrogens is 1. The Morgan fingerprint density at radius 2 is 2.11 bits per heavy atom. The topological polar surface area (TPSA) is 61.0 Å². The first-order chi connectivity index (χ1) is 13.1. The summed E-state index contributed by atoms with van der Waals surface area (Å²) in [7, 11) is 2.22. The van der Waals surface area contributed by atoms with Gasteiger partial charge in [-0.3, -0.25) is 9.89 Å². The van der Waals surface area contributed by atoms with E-state index < -0.39 is 0 Å². The minimum Gasteiger partial charge on any atom is -0.321 e. The van der Waals surface area contributed by atoms with E-state index in [1.165, 1.54) is 31.5 Å². The fourth-order valence-corrected chi connectivity index (χ4v) is 4.64. The summed E-state index contributed by atoms with van der Waals surface area (Å²) >= 11 is 0. The summed E-state index contributed by atoms with van der Waals surface area (Å²) in [6.45, 7) is 4.81. The first-order valence-corrected chi connectivity index (χ1v) is 10.2. The number of amides is 1. The molecule has 1 amide bonds. The van der Waals surface area contributed by atoms with E-state index >= 15 is 0 Å². The molecule has 2 N–H and O–H groups in total. The predicted molar refractivity (Wildman–Crippen MR) is 108 cm³/mol. The second-order valence-electron chi connectivity index (χ2n) is 8.36. The molecule has 144 valence electrons. The first kappa shape index (κ1) is 18.2. The van der Waals surface area contributed by atoms with E-state index in [-0.39, 0.29) is 5.91 Å². The van der Waals surface area contributed by atoms with Crippen LogP contribution in [0.2, 0.25) is 0 Å². The summed E-state index contributed by atoms with van der Waals surface area (Å²) in [5, 5.41) is 10.2. The molecule has 2 atom stereocenters. The van der Waals surface area contributed by atoms with Gasteiger partial charge in [-0.1, -0.05) is 19.1 Å². The van der Waals surface area contributed by atoms with Crippen LogP contribution in [0.4, 0.5) is 5.69 Å².